The van der Waals surface area contributed by atoms with Crippen LogP contribution in [0.1, 0.15) is 22.3 Å². The predicted octanol–water partition coefficient (Wildman–Crippen LogP) is 1.38. The number of aryl methyl sites for hydroxylation is 2. The first-order chi connectivity index (χ1) is 7.08. The Balaban J connectivity index is 3.01. The molecular weight excluding hydrogens is 190 g/mol. The molecular formula is C12H17NO2. The molecule has 0 atom stereocenters. The molecule has 1 rings (SSSR count). The summed E-state index contributed by atoms with van der Waals surface area (Å²) in [5.74, 6) is 0. The van der Waals surface area contributed by atoms with Crippen LogP contribution in [0.2, 0.25) is 0 Å². The van der Waals surface area contributed by atoms with E-state index in [1.165, 1.54) is 0 Å². The van der Waals surface area contributed by atoms with Crippen LogP contribution in [0.3, 0.4) is 0 Å². The van der Waals surface area contributed by atoms with E-state index in [2.05, 4.69) is 0 Å². The lowest BCUT2D eigenvalue weighted by Crippen LogP contribution is -2.16. The molecule has 1 aromatic carbocycles. The van der Waals surface area contributed by atoms with Crippen molar-refractivity contribution < 1.29 is 9.90 Å². The van der Waals surface area contributed by atoms with Gasteiger partial charge in [-0.1, -0.05) is 12.1 Å². The fraction of sp³-hybridized carbons (Fsp3) is 0.417. The van der Waals surface area contributed by atoms with Gasteiger partial charge >= 0.3 is 0 Å². The van der Waals surface area contributed by atoms with E-state index in [1.54, 1.807) is 11.9 Å². The van der Waals surface area contributed by atoms with Gasteiger partial charge in [0.05, 0.1) is 6.61 Å². The van der Waals surface area contributed by atoms with E-state index >= 15 is 0 Å². The van der Waals surface area contributed by atoms with Crippen molar-refractivity contribution in [2.24, 2.45) is 0 Å². The van der Waals surface area contributed by atoms with E-state index in [0.29, 0.717) is 6.54 Å². The molecule has 0 unspecified atom stereocenters. The van der Waals surface area contributed by atoms with Gasteiger partial charge in [-0.05, 0) is 36.1 Å². The summed E-state index contributed by atoms with van der Waals surface area (Å²) < 4.78 is 0. The fourth-order valence-corrected chi connectivity index (χ4v) is 1.59. The number of hydrogen-bond acceptors (Lipinski definition) is 2. The van der Waals surface area contributed by atoms with Crippen molar-refractivity contribution >= 4 is 6.41 Å². The summed E-state index contributed by atoms with van der Waals surface area (Å²) in [7, 11) is 1.74. The van der Waals surface area contributed by atoms with Gasteiger partial charge in [0.2, 0.25) is 6.41 Å². The first-order valence-electron chi connectivity index (χ1n) is 4.94. The molecule has 1 amide bonds. The van der Waals surface area contributed by atoms with E-state index < -0.39 is 0 Å². The van der Waals surface area contributed by atoms with Gasteiger partial charge in [-0.25, -0.2) is 0 Å². The van der Waals surface area contributed by atoms with Gasteiger partial charge in [-0.15, -0.1) is 0 Å². The minimum Gasteiger partial charge on any atom is -0.392 e. The molecule has 3 heteroatoms. The zero-order chi connectivity index (χ0) is 11.4. The molecule has 82 valence electrons. The van der Waals surface area contributed by atoms with Crippen LogP contribution in [0.15, 0.2) is 12.1 Å². The average Bonchev–Trinajstić information content (AvgIpc) is 2.21. The number of carbonyl (C=O) groups is 1. The first-order valence-corrected chi connectivity index (χ1v) is 4.94. The maximum absolute atomic E-state index is 10.5. The minimum atomic E-state index is 0.0456. The van der Waals surface area contributed by atoms with Crippen molar-refractivity contribution in [3.05, 3.63) is 34.4 Å². The highest BCUT2D eigenvalue weighted by Crippen LogP contribution is 2.17. The minimum absolute atomic E-state index is 0.0456. The molecule has 0 fully saturated rings. The molecule has 3 nitrogen and oxygen atoms in total. The highest BCUT2D eigenvalue weighted by atomic mass is 16.3. The molecule has 0 heterocycles. The quantitative estimate of drug-likeness (QED) is 0.758. The Morgan fingerprint density at radius 3 is 2.40 bits per heavy atom. The summed E-state index contributed by atoms with van der Waals surface area (Å²) in [5.41, 5.74) is 4.25. The number of rotatable bonds is 4. The van der Waals surface area contributed by atoms with Crippen molar-refractivity contribution in [1.29, 1.82) is 0 Å². The molecule has 0 aromatic heterocycles. The highest BCUT2D eigenvalue weighted by molar-refractivity contribution is 5.47. The van der Waals surface area contributed by atoms with Crippen molar-refractivity contribution in [1.82, 2.24) is 4.90 Å². The van der Waals surface area contributed by atoms with E-state index in [0.717, 1.165) is 28.7 Å². The fourth-order valence-electron chi connectivity index (χ4n) is 1.59. The predicted molar refractivity (Wildman–Crippen MR) is 59.4 cm³/mol. The molecule has 0 bridgehead atoms. The van der Waals surface area contributed by atoms with Gasteiger partial charge in [0.25, 0.3) is 0 Å². The number of hydrogen-bond donors (Lipinski definition) is 1. The monoisotopic (exact) mass is 207 g/mol. The second kappa shape index (κ2) is 4.94. The summed E-state index contributed by atoms with van der Waals surface area (Å²) in [4.78, 5) is 12.1. The third kappa shape index (κ3) is 2.80. The van der Waals surface area contributed by atoms with Crippen molar-refractivity contribution in [3.8, 4) is 0 Å². The lowest BCUT2D eigenvalue weighted by Gasteiger charge is -2.15. The topological polar surface area (TPSA) is 40.5 Å². The Bertz CT molecular complexity index is 361. The Labute approximate surface area is 90.3 Å². The number of amides is 1. The summed E-state index contributed by atoms with van der Waals surface area (Å²) in [6, 6.07) is 4.00. The number of nitrogens with zero attached hydrogens (tertiary/aromatic N) is 1. The average molecular weight is 207 g/mol. The van der Waals surface area contributed by atoms with Crippen LogP contribution in [0.4, 0.5) is 0 Å². The van der Waals surface area contributed by atoms with Gasteiger partial charge < -0.3 is 10.0 Å². The summed E-state index contributed by atoms with van der Waals surface area (Å²) in [5, 5.41) is 9.14. The molecule has 0 aliphatic heterocycles. The molecule has 0 spiro atoms. The molecule has 0 aliphatic rings. The second-order valence-corrected chi connectivity index (χ2v) is 3.88. The molecule has 15 heavy (non-hydrogen) atoms. The van der Waals surface area contributed by atoms with Gasteiger partial charge in [-0.3, -0.25) is 4.79 Å². The number of carbonyl (C=O) groups excluding carboxylic acids is 1. The molecule has 0 saturated carbocycles. The summed E-state index contributed by atoms with van der Waals surface area (Å²) >= 11 is 0. The Kier molecular flexibility index (Phi) is 3.86. The van der Waals surface area contributed by atoms with Gasteiger partial charge in [-0.2, -0.15) is 0 Å². The smallest absolute Gasteiger partial charge is 0.209 e. The Hall–Kier alpha value is -1.35. The molecule has 0 aliphatic carbocycles. The highest BCUT2D eigenvalue weighted by Gasteiger charge is 2.05. The van der Waals surface area contributed by atoms with E-state index in [1.807, 2.05) is 26.0 Å². The van der Waals surface area contributed by atoms with Crippen molar-refractivity contribution in [2.75, 3.05) is 7.05 Å². The van der Waals surface area contributed by atoms with Gasteiger partial charge in [0.1, 0.15) is 0 Å². The SMILES string of the molecule is Cc1cc(C)c(CN(C)C=O)cc1CO. The Morgan fingerprint density at radius 2 is 1.87 bits per heavy atom. The molecule has 0 radical (unpaired) electrons. The zero-order valence-corrected chi connectivity index (χ0v) is 9.45. The number of aliphatic hydroxyl groups excluding tert-OH is 1. The lowest BCUT2D eigenvalue weighted by atomic mass is 10.00. The first kappa shape index (κ1) is 11.7. The van der Waals surface area contributed by atoms with Crippen molar-refractivity contribution in [3.63, 3.8) is 0 Å². The van der Waals surface area contributed by atoms with Crippen LogP contribution in [0.25, 0.3) is 0 Å². The lowest BCUT2D eigenvalue weighted by molar-refractivity contribution is -0.117. The van der Waals surface area contributed by atoms with Crippen molar-refractivity contribution in [2.45, 2.75) is 27.0 Å². The Morgan fingerprint density at radius 1 is 1.27 bits per heavy atom. The normalized spacial score (nSPS) is 10.1. The third-order valence-electron chi connectivity index (χ3n) is 2.56. The van der Waals surface area contributed by atoms with Crippen LogP contribution in [-0.4, -0.2) is 23.5 Å². The third-order valence-corrected chi connectivity index (χ3v) is 2.56. The number of aliphatic hydroxyl groups is 1. The maximum atomic E-state index is 10.5. The van der Waals surface area contributed by atoms with Crippen LogP contribution in [-0.2, 0) is 17.9 Å². The van der Waals surface area contributed by atoms with Crippen LogP contribution >= 0.6 is 0 Å². The summed E-state index contributed by atoms with van der Waals surface area (Å²) in [6.07, 6.45) is 0.803. The van der Waals surface area contributed by atoms with Crippen LogP contribution < -0.4 is 0 Å². The standard InChI is InChI=1S/C12H17NO2/c1-9-4-10(2)12(7-14)5-11(9)6-13(3)8-15/h4-5,8,14H,6-7H2,1-3H3. The largest absolute Gasteiger partial charge is 0.392 e. The maximum Gasteiger partial charge on any atom is 0.209 e. The summed E-state index contributed by atoms with van der Waals surface area (Å²) in [6.45, 7) is 4.63. The second-order valence-electron chi connectivity index (χ2n) is 3.88. The van der Waals surface area contributed by atoms with Crippen LogP contribution in [0.5, 0.6) is 0 Å². The molecule has 1 aromatic rings. The van der Waals surface area contributed by atoms with Crippen LogP contribution in [0, 0.1) is 13.8 Å². The van der Waals surface area contributed by atoms with Gasteiger partial charge in [0, 0.05) is 13.6 Å². The zero-order valence-electron chi connectivity index (χ0n) is 9.45. The molecule has 1 N–H and O–H groups in total. The van der Waals surface area contributed by atoms with E-state index in [9.17, 15) is 4.79 Å². The molecule has 0 saturated heterocycles. The van der Waals surface area contributed by atoms with E-state index in [4.69, 9.17) is 5.11 Å². The number of benzene rings is 1. The van der Waals surface area contributed by atoms with E-state index in [-0.39, 0.29) is 6.61 Å². The van der Waals surface area contributed by atoms with Gasteiger partial charge in [0.15, 0.2) is 0 Å².